The van der Waals surface area contributed by atoms with Crippen molar-refractivity contribution in [1.29, 1.82) is 0 Å². The molecule has 2 N–H and O–H groups in total. The number of amides is 1. The predicted molar refractivity (Wildman–Crippen MR) is 125 cm³/mol. The summed E-state index contributed by atoms with van der Waals surface area (Å²) < 4.78 is 35.4. The zero-order valence-electron chi connectivity index (χ0n) is 19.7. The normalized spacial score (nSPS) is 11.3. The summed E-state index contributed by atoms with van der Waals surface area (Å²) in [5.41, 5.74) is 3.90. The van der Waals surface area contributed by atoms with Gasteiger partial charge < -0.3 is 15.3 Å². The molecule has 3 heterocycles. The maximum Gasteiger partial charge on any atom is 0.490 e. The van der Waals surface area contributed by atoms with Crippen molar-refractivity contribution in [3.05, 3.63) is 66.4 Å². The quantitative estimate of drug-likeness (QED) is 0.416. The fourth-order valence-corrected chi connectivity index (χ4v) is 3.13. The van der Waals surface area contributed by atoms with Crippen molar-refractivity contribution in [2.75, 3.05) is 27.2 Å². The first-order chi connectivity index (χ1) is 17.0. The van der Waals surface area contributed by atoms with E-state index < -0.39 is 12.1 Å². The topological polar surface area (TPSA) is 118 Å². The molecular formula is C23H24F3N7O3. The second-order valence-electron chi connectivity index (χ2n) is 7.94. The third kappa shape index (κ3) is 6.24. The number of nitrogens with zero attached hydrogens (tertiary/aromatic N) is 6. The first-order valence-electron chi connectivity index (χ1n) is 10.7. The number of benzene rings is 1. The molecule has 36 heavy (non-hydrogen) atoms. The summed E-state index contributed by atoms with van der Waals surface area (Å²) in [6.45, 7) is 3.34. The highest BCUT2D eigenvalue weighted by Crippen LogP contribution is 2.24. The van der Waals surface area contributed by atoms with Crippen molar-refractivity contribution in [2.24, 2.45) is 0 Å². The minimum absolute atomic E-state index is 0.218. The number of imidazole rings is 1. The van der Waals surface area contributed by atoms with Crippen LogP contribution in [-0.4, -0.2) is 79.4 Å². The highest BCUT2D eigenvalue weighted by molar-refractivity contribution is 5.99. The molecule has 190 valence electrons. The summed E-state index contributed by atoms with van der Waals surface area (Å²) in [5, 5.41) is 14.5. The van der Waals surface area contributed by atoms with Crippen molar-refractivity contribution in [3.8, 4) is 17.2 Å². The number of halogens is 3. The zero-order valence-corrected chi connectivity index (χ0v) is 19.7. The molecule has 0 saturated heterocycles. The van der Waals surface area contributed by atoms with Crippen molar-refractivity contribution < 1.29 is 27.9 Å². The van der Waals surface area contributed by atoms with Gasteiger partial charge in [-0.25, -0.2) is 14.5 Å². The van der Waals surface area contributed by atoms with E-state index in [-0.39, 0.29) is 5.91 Å². The smallest absolute Gasteiger partial charge is 0.475 e. The molecule has 4 rings (SSSR count). The standard InChI is InChI=1S/C21H23N7O.C2HF3O2/c1-15-4-6-16(7-5-15)28-17(8-9-24-28)20-25-19(18-14-22-10-13-27(18)20)21(29)23-11-12-26(2)3;3-2(4,5)1(6)7/h4-10,13-14H,11-12H2,1-3H3,(H,23,29);(H,6,7). The number of carboxylic acids is 1. The van der Waals surface area contributed by atoms with Crippen LogP contribution >= 0.6 is 0 Å². The molecule has 4 aromatic rings. The third-order valence-corrected chi connectivity index (χ3v) is 4.90. The van der Waals surface area contributed by atoms with Crippen LogP contribution in [-0.2, 0) is 4.79 Å². The summed E-state index contributed by atoms with van der Waals surface area (Å²) in [6.07, 6.45) is 1.79. The number of fused-ring (bicyclic) bond motifs is 1. The first kappa shape index (κ1) is 26.3. The lowest BCUT2D eigenvalue weighted by atomic mass is 10.2. The van der Waals surface area contributed by atoms with Crippen LogP contribution in [0.2, 0.25) is 0 Å². The number of carbonyl (C=O) groups is 2. The van der Waals surface area contributed by atoms with Crippen molar-refractivity contribution in [3.63, 3.8) is 0 Å². The highest BCUT2D eigenvalue weighted by atomic mass is 19.4. The number of nitrogens with one attached hydrogen (secondary N) is 1. The molecule has 0 aliphatic heterocycles. The summed E-state index contributed by atoms with van der Waals surface area (Å²) >= 11 is 0. The van der Waals surface area contributed by atoms with Crippen LogP contribution in [0, 0.1) is 6.92 Å². The Morgan fingerprint density at radius 1 is 1.11 bits per heavy atom. The summed E-state index contributed by atoms with van der Waals surface area (Å²) in [6, 6.07) is 9.99. The number of likely N-dealkylation sites (N-methyl/N-ethyl adjacent to an activating group) is 1. The number of rotatable bonds is 6. The van der Waals surface area contributed by atoms with Crippen LogP contribution in [0.5, 0.6) is 0 Å². The van der Waals surface area contributed by atoms with Gasteiger partial charge in [0.1, 0.15) is 5.69 Å². The molecule has 13 heteroatoms. The number of aryl methyl sites for hydroxylation is 1. The van der Waals surface area contributed by atoms with Crippen molar-refractivity contribution >= 4 is 17.4 Å². The molecular weight excluding hydrogens is 479 g/mol. The van der Waals surface area contributed by atoms with Gasteiger partial charge in [0.2, 0.25) is 0 Å². The number of aromatic nitrogens is 5. The maximum absolute atomic E-state index is 12.8. The van der Waals surface area contributed by atoms with E-state index in [1.807, 2.05) is 65.3 Å². The minimum Gasteiger partial charge on any atom is -0.475 e. The van der Waals surface area contributed by atoms with E-state index >= 15 is 0 Å². The van der Waals surface area contributed by atoms with Crippen LogP contribution in [0.25, 0.3) is 22.7 Å². The second kappa shape index (κ2) is 11.0. The molecule has 0 saturated carbocycles. The van der Waals surface area contributed by atoms with Gasteiger partial charge >= 0.3 is 12.1 Å². The van der Waals surface area contributed by atoms with Crippen LogP contribution in [0.3, 0.4) is 0 Å². The molecule has 0 radical (unpaired) electrons. The van der Waals surface area contributed by atoms with Gasteiger partial charge in [-0.3, -0.25) is 14.2 Å². The fraction of sp³-hybridized carbons (Fsp3) is 0.261. The summed E-state index contributed by atoms with van der Waals surface area (Å²) in [5.74, 6) is -2.34. The Morgan fingerprint density at radius 3 is 2.39 bits per heavy atom. The summed E-state index contributed by atoms with van der Waals surface area (Å²) in [7, 11) is 3.93. The largest absolute Gasteiger partial charge is 0.490 e. The summed E-state index contributed by atoms with van der Waals surface area (Å²) in [4.78, 5) is 32.5. The number of aliphatic carboxylic acids is 1. The molecule has 0 aliphatic carbocycles. The third-order valence-electron chi connectivity index (χ3n) is 4.90. The zero-order chi connectivity index (χ0) is 26.5. The SMILES string of the molecule is Cc1ccc(-n2nccc2-c2nc(C(=O)NCCN(C)C)c3cnccn23)cc1.O=C(O)C(F)(F)F. The van der Waals surface area contributed by atoms with E-state index in [0.29, 0.717) is 23.6 Å². The molecule has 0 spiro atoms. The molecule has 0 fully saturated rings. The van der Waals surface area contributed by atoms with Gasteiger partial charge in [-0.2, -0.15) is 18.3 Å². The van der Waals surface area contributed by atoms with E-state index in [2.05, 4.69) is 20.4 Å². The minimum atomic E-state index is -5.08. The van der Waals surface area contributed by atoms with Gasteiger partial charge in [-0.15, -0.1) is 0 Å². The van der Waals surface area contributed by atoms with Crippen molar-refractivity contribution in [2.45, 2.75) is 13.1 Å². The molecule has 1 amide bonds. The van der Waals surface area contributed by atoms with E-state index in [0.717, 1.165) is 17.9 Å². The van der Waals surface area contributed by atoms with Gasteiger partial charge in [-0.1, -0.05) is 17.7 Å². The molecule has 10 nitrogen and oxygen atoms in total. The number of hydrogen-bond donors (Lipinski definition) is 2. The van der Waals surface area contributed by atoms with Crippen LogP contribution in [0.15, 0.2) is 55.1 Å². The lowest BCUT2D eigenvalue weighted by Crippen LogP contribution is -2.31. The number of carbonyl (C=O) groups excluding carboxylic acids is 1. The Morgan fingerprint density at radius 2 is 1.78 bits per heavy atom. The van der Waals surface area contributed by atoms with Gasteiger partial charge in [0.25, 0.3) is 5.91 Å². The van der Waals surface area contributed by atoms with Crippen molar-refractivity contribution in [1.82, 2.24) is 34.4 Å². The molecule has 3 aromatic heterocycles. The Bertz CT molecular complexity index is 1350. The van der Waals surface area contributed by atoms with Gasteiger partial charge in [0.05, 0.1) is 23.6 Å². The Kier molecular flexibility index (Phi) is 8.04. The van der Waals surface area contributed by atoms with E-state index in [1.54, 1.807) is 24.8 Å². The number of alkyl halides is 3. The molecule has 0 bridgehead atoms. The lowest BCUT2D eigenvalue weighted by Gasteiger charge is -2.09. The average Bonchev–Trinajstić information content (AvgIpc) is 3.44. The van der Waals surface area contributed by atoms with Gasteiger partial charge in [-0.05, 0) is 39.2 Å². The van der Waals surface area contributed by atoms with Gasteiger partial charge in [0, 0.05) is 25.5 Å². The van der Waals surface area contributed by atoms with E-state index in [4.69, 9.17) is 9.90 Å². The highest BCUT2D eigenvalue weighted by Gasteiger charge is 2.38. The predicted octanol–water partition coefficient (Wildman–Crippen LogP) is 2.82. The average molecular weight is 503 g/mol. The molecule has 0 aliphatic rings. The molecule has 0 atom stereocenters. The Labute approximate surface area is 204 Å². The van der Waals surface area contributed by atoms with Crippen LogP contribution in [0.4, 0.5) is 13.2 Å². The monoisotopic (exact) mass is 503 g/mol. The maximum atomic E-state index is 12.8. The van der Waals surface area contributed by atoms with Crippen LogP contribution < -0.4 is 5.32 Å². The van der Waals surface area contributed by atoms with E-state index in [1.165, 1.54) is 5.56 Å². The molecule has 0 unspecified atom stereocenters. The van der Waals surface area contributed by atoms with E-state index in [9.17, 15) is 18.0 Å². The Balaban J connectivity index is 0.000000454. The van der Waals surface area contributed by atoms with Gasteiger partial charge in [0.15, 0.2) is 11.5 Å². The number of carboxylic acid groups (broad SMARTS) is 1. The number of hydrogen-bond acceptors (Lipinski definition) is 6. The fourth-order valence-electron chi connectivity index (χ4n) is 3.13. The lowest BCUT2D eigenvalue weighted by molar-refractivity contribution is -0.192. The Hall–Kier alpha value is -4.26. The first-order valence-corrected chi connectivity index (χ1v) is 10.7. The second-order valence-corrected chi connectivity index (χ2v) is 7.94. The molecule has 1 aromatic carbocycles. The van der Waals surface area contributed by atoms with Crippen LogP contribution in [0.1, 0.15) is 16.1 Å².